The molecule has 1 aromatic heterocycles. The van der Waals surface area contributed by atoms with Crippen molar-refractivity contribution < 1.29 is 9.72 Å². The van der Waals surface area contributed by atoms with Gasteiger partial charge in [0.05, 0.1) is 10.4 Å². The molecular weight excluding hydrogens is 272 g/mol. The molecule has 0 unspecified atom stereocenters. The molecule has 0 N–H and O–H groups in total. The van der Waals surface area contributed by atoms with E-state index in [4.69, 9.17) is 0 Å². The number of imidazole rings is 1. The van der Waals surface area contributed by atoms with Crippen LogP contribution < -0.4 is 0 Å². The summed E-state index contributed by atoms with van der Waals surface area (Å²) in [5.74, 6) is 0.837. The minimum Gasteiger partial charge on any atom is -0.334 e. The highest BCUT2D eigenvalue weighted by atomic mass is 16.6. The van der Waals surface area contributed by atoms with Crippen LogP contribution in [0.1, 0.15) is 23.5 Å². The van der Waals surface area contributed by atoms with Crippen LogP contribution in [-0.4, -0.2) is 38.4 Å². The summed E-state index contributed by atoms with van der Waals surface area (Å²) >= 11 is 0. The number of aromatic nitrogens is 2. The first-order valence-corrected chi connectivity index (χ1v) is 7.08. The number of benzene rings is 1. The van der Waals surface area contributed by atoms with Gasteiger partial charge in [-0.25, -0.2) is 4.98 Å². The Hall–Kier alpha value is -2.44. The zero-order valence-corrected chi connectivity index (χ0v) is 11.4. The van der Waals surface area contributed by atoms with E-state index in [1.807, 2.05) is 4.90 Å². The van der Waals surface area contributed by atoms with Crippen molar-refractivity contribution in [3.8, 4) is 0 Å². The number of non-ortho nitro benzene ring substituents is 1. The minimum absolute atomic E-state index is 0.00897. The molecule has 0 radical (unpaired) electrons. The average Bonchev–Trinajstić information content (AvgIpc) is 3.19. The van der Waals surface area contributed by atoms with E-state index < -0.39 is 4.92 Å². The molecule has 7 heteroatoms. The topological polar surface area (TPSA) is 81.3 Å². The molecule has 108 valence electrons. The van der Waals surface area contributed by atoms with E-state index in [1.165, 1.54) is 18.9 Å². The normalized spacial score (nSPS) is 18.1. The number of fused-ring (bicyclic) bond motifs is 3. The quantitative estimate of drug-likeness (QED) is 0.636. The summed E-state index contributed by atoms with van der Waals surface area (Å²) < 4.78 is 1.69. The van der Waals surface area contributed by atoms with E-state index in [1.54, 1.807) is 16.7 Å². The molecule has 4 rings (SSSR count). The van der Waals surface area contributed by atoms with Gasteiger partial charge in [0, 0.05) is 25.7 Å². The molecule has 7 nitrogen and oxygen atoms in total. The summed E-state index contributed by atoms with van der Waals surface area (Å²) in [4.78, 5) is 29.4. The minimum atomic E-state index is -0.418. The lowest BCUT2D eigenvalue weighted by Gasteiger charge is -2.27. The smallest absolute Gasteiger partial charge is 0.295 e. The van der Waals surface area contributed by atoms with Crippen molar-refractivity contribution in [1.82, 2.24) is 14.5 Å². The molecule has 2 heterocycles. The van der Waals surface area contributed by atoms with Crippen LogP contribution in [0.25, 0.3) is 11.0 Å². The molecular formula is C14H14N4O3. The third-order valence-electron chi connectivity index (χ3n) is 4.19. The summed E-state index contributed by atoms with van der Waals surface area (Å²) in [7, 11) is 0. The number of nitro groups is 1. The highest BCUT2D eigenvalue weighted by Gasteiger charge is 2.34. The lowest BCUT2D eigenvalue weighted by Crippen LogP contribution is -2.41. The summed E-state index contributed by atoms with van der Waals surface area (Å²) in [6, 6.07) is 4.77. The molecule has 2 aromatic rings. The Morgan fingerprint density at radius 2 is 2.14 bits per heavy atom. The fourth-order valence-electron chi connectivity index (χ4n) is 2.94. The monoisotopic (exact) mass is 286 g/mol. The van der Waals surface area contributed by atoms with E-state index in [0.29, 0.717) is 35.9 Å². The summed E-state index contributed by atoms with van der Waals surface area (Å²) in [5, 5.41) is 11.2. The van der Waals surface area contributed by atoms with E-state index >= 15 is 0 Å². The first-order chi connectivity index (χ1) is 10.1. The number of rotatable bonds is 3. The average molecular weight is 286 g/mol. The maximum atomic E-state index is 12.5. The zero-order chi connectivity index (χ0) is 14.6. The van der Waals surface area contributed by atoms with Gasteiger partial charge < -0.3 is 9.47 Å². The van der Waals surface area contributed by atoms with E-state index in [2.05, 4.69) is 4.98 Å². The Kier molecular flexibility index (Phi) is 2.51. The fraction of sp³-hybridized carbons (Fsp3) is 0.429. The van der Waals surface area contributed by atoms with Gasteiger partial charge in [-0.3, -0.25) is 14.9 Å². The van der Waals surface area contributed by atoms with Gasteiger partial charge in [-0.05, 0) is 24.8 Å². The summed E-state index contributed by atoms with van der Waals surface area (Å²) in [5.41, 5.74) is 0.979. The van der Waals surface area contributed by atoms with E-state index in [-0.39, 0.29) is 11.6 Å². The second kappa shape index (κ2) is 4.28. The van der Waals surface area contributed by atoms with E-state index in [9.17, 15) is 14.9 Å². The Bertz CT molecular complexity index is 763. The van der Waals surface area contributed by atoms with Gasteiger partial charge in [0.15, 0.2) is 5.82 Å². The molecule has 0 spiro atoms. The maximum Gasteiger partial charge on any atom is 0.295 e. The molecule has 1 aliphatic heterocycles. The van der Waals surface area contributed by atoms with Gasteiger partial charge in [-0.1, -0.05) is 6.07 Å². The van der Waals surface area contributed by atoms with Crippen LogP contribution in [0.2, 0.25) is 0 Å². The number of amides is 1. The SMILES string of the molecule is O=C1c2nc3cccc([N+](=O)[O-])c3n2CCN1CC1CC1. The van der Waals surface area contributed by atoms with Crippen molar-refractivity contribution in [2.45, 2.75) is 19.4 Å². The molecule has 0 atom stereocenters. The van der Waals surface area contributed by atoms with Gasteiger partial charge >= 0.3 is 0 Å². The predicted molar refractivity (Wildman–Crippen MR) is 75.0 cm³/mol. The number of nitro benzene ring substituents is 1. The number of carbonyl (C=O) groups excluding carboxylic acids is 1. The Morgan fingerprint density at radius 1 is 1.33 bits per heavy atom. The van der Waals surface area contributed by atoms with Crippen molar-refractivity contribution in [2.75, 3.05) is 13.1 Å². The van der Waals surface area contributed by atoms with Crippen molar-refractivity contribution in [1.29, 1.82) is 0 Å². The molecule has 0 saturated heterocycles. The molecule has 2 aliphatic rings. The van der Waals surface area contributed by atoms with Crippen LogP contribution in [-0.2, 0) is 6.54 Å². The molecule has 21 heavy (non-hydrogen) atoms. The third kappa shape index (κ3) is 1.88. The molecule has 0 bridgehead atoms. The van der Waals surface area contributed by atoms with Gasteiger partial charge in [0.1, 0.15) is 5.52 Å². The number of para-hydroxylation sites is 1. The van der Waals surface area contributed by atoms with Crippen LogP contribution >= 0.6 is 0 Å². The first kappa shape index (κ1) is 12.3. The van der Waals surface area contributed by atoms with Crippen molar-refractivity contribution in [2.24, 2.45) is 5.92 Å². The Labute approximate surface area is 120 Å². The van der Waals surface area contributed by atoms with Gasteiger partial charge in [-0.2, -0.15) is 0 Å². The zero-order valence-electron chi connectivity index (χ0n) is 11.4. The number of nitrogens with zero attached hydrogens (tertiary/aromatic N) is 4. The predicted octanol–water partition coefficient (Wildman–Crippen LogP) is 1.81. The largest absolute Gasteiger partial charge is 0.334 e. The Morgan fingerprint density at radius 3 is 2.86 bits per heavy atom. The summed E-state index contributed by atoms with van der Waals surface area (Å²) in [6.45, 7) is 1.94. The van der Waals surface area contributed by atoms with Crippen molar-refractivity contribution in [3.63, 3.8) is 0 Å². The van der Waals surface area contributed by atoms with Crippen LogP contribution in [0.5, 0.6) is 0 Å². The summed E-state index contributed by atoms with van der Waals surface area (Å²) in [6.07, 6.45) is 2.37. The first-order valence-electron chi connectivity index (χ1n) is 7.08. The number of hydrogen-bond donors (Lipinski definition) is 0. The number of hydrogen-bond acceptors (Lipinski definition) is 4. The Balaban J connectivity index is 1.82. The van der Waals surface area contributed by atoms with Crippen molar-refractivity contribution >= 4 is 22.6 Å². The lowest BCUT2D eigenvalue weighted by atomic mass is 10.2. The van der Waals surface area contributed by atoms with Crippen LogP contribution in [0, 0.1) is 16.0 Å². The van der Waals surface area contributed by atoms with Crippen LogP contribution in [0.3, 0.4) is 0 Å². The maximum absolute atomic E-state index is 12.5. The van der Waals surface area contributed by atoms with Gasteiger partial charge in [0.25, 0.3) is 11.6 Å². The third-order valence-corrected chi connectivity index (χ3v) is 4.19. The second-order valence-electron chi connectivity index (χ2n) is 5.68. The highest BCUT2D eigenvalue weighted by Crippen LogP contribution is 2.32. The molecule has 1 aromatic carbocycles. The second-order valence-corrected chi connectivity index (χ2v) is 5.68. The highest BCUT2D eigenvalue weighted by molar-refractivity contribution is 5.97. The number of carbonyl (C=O) groups is 1. The van der Waals surface area contributed by atoms with Gasteiger partial charge in [0.2, 0.25) is 0 Å². The fourth-order valence-corrected chi connectivity index (χ4v) is 2.94. The van der Waals surface area contributed by atoms with Crippen molar-refractivity contribution in [3.05, 3.63) is 34.1 Å². The van der Waals surface area contributed by atoms with E-state index in [0.717, 1.165) is 6.54 Å². The van der Waals surface area contributed by atoms with Crippen LogP contribution in [0.15, 0.2) is 18.2 Å². The molecule has 1 aliphatic carbocycles. The lowest BCUT2D eigenvalue weighted by molar-refractivity contribution is -0.383. The standard InChI is InChI=1S/C14H14N4O3/c19-14-13-15-10-2-1-3-11(18(20)21)12(10)17(13)7-6-16(14)8-9-4-5-9/h1-3,9H,4-8H2. The van der Waals surface area contributed by atoms with Gasteiger partial charge in [-0.15, -0.1) is 0 Å². The molecule has 1 fully saturated rings. The molecule has 1 saturated carbocycles. The van der Waals surface area contributed by atoms with Crippen LogP contribution in [0.4, 0.5) is 5.69 Å². The molecule has 1 amide bonds.